The molecule has 4 heterocycles. The zero-order chi connectivity index (χ0) is 29.5. The molecule has 0 aliphatic rings. The van der Waals surface area contributed by atoms with Crippen molar-refractivity contribution < 1.29 is 0 Å². The first kappa shape index (κ1) is 24.3. The van der Waals surface area contributed by atoms with Crippen LogP contribution in [0.1, 0.15) is 0 Å². The van der Waals surface area contributed by atoms with Gasteiger partial charge in [0.05, 0.1) is 45.0 Å². The second-order valence-electron chi connectivity index (χ2n) is 11.7. The average Bonchev–Trinajstić information content (AvgIpc) is 3.74. The van der Waals surface area contributed by atoms with Crippen molar-refractivity contribution in [2.24, 2.45) is 0 Å². The number of benzene rings is 6. The van der Waals surface area contributed by atoms with Crippen LogP contribution in [0.25, 0.3) is 82.6 Å². The smallest absolute Gasteiger partial charge is 0.137 e. The summed E-state index contributed by atoms with van der Waals surface area (Å²) in [6.07, 6.45) is 2.01. The molecule has 45 heavy (non-hydrogen) atoms. The number of fused-ring (bicyclic) bond motifs is 9. The fourth-order valence-electron chi connectivity index (χ4n) is 7.39. The van der Waals surface area contributed by atoms with E-state index in [1.54, 1.807) is 0 Å². The second-order valence-corrected chi connectivity index (χ2v) is 11.7. The standard InChI is InChI=1S/C41H26N4/c1-6-16-35-29(11-1)30-12-2-7-17-36(30)43(35)27-21-23-34-33-15-5-10-20-39(33)45(40(34)25-27)41-24-22-28(26-42-41)44-37-18-8-3-13-31(37)32-14-4-9-19-38(32)44/h1-26H. The maximum absolute atomic E-state index is 5.12. The summed E-state index contributed by atoms with van der Waals surface area (Å²) in [4.78, 5) is 5.12. The average molecular weight is 575 g/mol. The summed E-state index contributed by atoms with van der Waals surface area (Å²) >= 11 is 0. The molecular weight excluding hydrogens is 548 g/mol. The van der Waals surface area contributed by atoms with E-state index in [0.29, 0.717) is 0 Å². The predicted molar refractivity (Wildman–Crippen MR) is 187 cm³/mol. The van der Waals surface area contributed by atoms with E-state index in [9.17, 15) is 0 Å². The van der Waals surface area contributed by atoms with Gasteiger partial charge in [-0.15, -0.1) is 0 Å². The van der Waals surface area contributed by atoms with Gasteiger partial charge in [0.1, 0.15) is 5.82 Å². The maximum atomic E-state index is 5.12. The van der Waals surface area contributed by atoms with Crippen LogP contribution < -0.4 is 0 Å². The van der Waals surface area contributed by atoms with Gasteiger partial charge in [-0.1, -0.05) is 97.1 Å². The third-order valence-electron chi connectivity index (χ3n) is 9.30. The molecule has 0 radical (unpaired) electrons. The fourth-order valence-corrected chi connectivity index (χ4v) is 7.39. The molecule has 0 fully saturated rings. The maximum Gasteiger partial charge on any atom is 0.137 e. The van der Waals surface area contributed by atoms with Gasteiger partial charge < -0.3 is 9.13 Å². The van der Waals surface area contributed by atoms with Gasteiger partial charge in [0, 0.05) is 38.0 Å². The third kappa shape index (κ3) is 3.39. The lowest BCUT2D eigenvalue weighted by molar-refractivity contribution is 1.05. The minimum Gasteiger partial charge on any atom is -0.309 e. The summed E-state index contributed by atoms with van der Waals surface area (Å²) in [5, 5.41) is 7.44. The van der Waals surface area contributed by atoms with Crippen LogP contribution in [0.2, 0.25) is 0 Å². The number of para-hydroxylation sites is 5. The highest BCUT2D eigenvalue weighted by molar-refractivity contribution is 6.12. The first-order chi connectivity index (χ1) is 22.3. The summed E-state index contributed by atoms with van der Waals surface area (Å²) < 4.78 is 7.00. The summed E-state index contributed by atoms with van der Waals surface area (Å²) in [6, 6.07) is 54.3. The van der Waals surface area contributed by atoms with Crippen molar-refractivity contribution in [2.75, 3.05) is 0 Å². The summed E-state index contributed by atoms with van der Waals surface area (Å²) in [7, 11) is 0. The Bertz CT molecular complexity index is 2650. The Kier molecular flexibility index (Phi) is 4.96. The molecule has 4 heteroatoms. The second kappa shape index (κ2) is 9.18. The van der Waals surface area contributed by atoms with Crippen LogP contribution in [0.15, 0.2) is 158 Å². The summed E-state index contributed by atoms with van der Waals surface area (Å²) in [5.41, 5.74) is 9.22. The van der Waals surface area contributed by atoms with Gasteiger partial charge in [-0.25, -0.2) is 4.98 Å². The lowest BCUT2D eigenvalue weighted by Crippen LogP contribution is -2.01. The Morgan fingerprint density at radius 1 is 0.311 bits per heavy atom. The molecule has 4 aromatic heterocycles. The molecule has 4 nitrogen and oxygen atoms in total. The Hall–Kier alpha value is -6.13. The van der Waals surface area contributed by atoms with Crippen LogP contribution in [0.5, 0.6) is 0 Å². The number of hydrogen-bond acceptors (Lipinski definition) is 1. The van der Waals surface area contributed by atoms with Gasteiger partial charge in [-0.3, -0.25) is 4.57 Å². The SMILES string of the molecule is c1ccc2c(c1)c1ccccc1n2-c1ccc(-n2c3ccccc3c3ccc(-n4c5ccccc5c5ccccc54)cc32)nc1. The van der Waals surface area contributed by atoms with Gasteiger partial charge >= 0.3 is 0 Å². The molecule has 0 amide bonds. The number of aromatic nitrogens is 4. The molecule has 6 aromatic carbocycles. The predicted octanol–water partition coefficient (Wildman–Crippen LogP) is 10.4. The van der Waals surface area contributed by atoms with E-state index in [1.165, 1.54) is 54.4 Å². The van der Waals surface area contributed by atoms with Crippen LogP contribution >= 0.6 is 0 Å². The Morgan fingerprint density at radius 3 is 1.13 bits per heavy atom. The van der Waals surface area contributed by atoms with Gasteiger partial charge in [0.15, 0.2) is 0 Å². The molecular formula is C41H26N4. The monoisotopic (exact) mass is 574 g/mol. The van der Waals surface area contributed by atoms with E-state index in [4.69, 9.17) is 4.98 Å². The third-order valence-corrected chi connectivity index (χ3v) is 9.30. The quantitative estimate of drug-likeness (QED) is 0.206. The van der Waals surface area contributed by atoms with Crippen LogP contribution in [0, 0.1) is 0 Å². The molecule has 0 atom stereocenters. The molecule has 0 saturated heterocycles. The number of rotatable bonds is 3. The van der Waals surface area contributed by atoms with Crippen molar-refractivity contribution in [3.05, 3.63) is 158 Å². The number of nitrogens with zero attached hydrogens (tertiary/aromatic N) is 4. The highest BCUT2D eigenvalue weighted by atomic mass is 15.1. The molecule has 0 spiro atoms. The lowest BCUT2D eigenvalue weighted by Gasteiger charge is -2.12. The lowest BCUT2D eigenvalue weighted by atomic mass is 10.1. The first-order valence-corrected chi connectivity index (χ1v) is 15.3. The molecule has 0 aliphatic carbocycles. The zero-order valence-electron chi connectivity index (χ0n) is 24.3. The molecule has 10 aromatic rings. The molecule has 0 unspecified atom stereocenters. The largest absolute Gasteiger partial charge is 0.309 e. The van der Waals surface area contributed by atoms with Crippen LogP contribution in [-0.4, -0.2) is 18.7 Å². The summed E-state index contributed by atoms with van der Waals surface area (Å²) in [6.45, 7) is 0. The van der Waals surface area contributed by atoms with Crippen molar-refractivity contribution in [1.82, 2.24) is 18.7 Å². The van der Waals surface area contributed by atoms with Gasteiger partial charge in [0.25, 0.3) is 0 Å². The minimum atomic E-state index is 0.894. The highest BCUT2D eigenvalue weighted by Crippen LogP contribution is 2.37. The van der Waals surface area contributed by atoms with E-state index < -0.39 is 0 Å². The first-order valence-electron chi connectivity index (χ1n) is 15.3. The topological polar surface area (TPSA) is 27.7 Å². The Labute approximate surface area is 258 Å². The molecule has 210 valence electrons. The van der Waals surface area contributed by atoms with Crippen molar-refractivity contribution >= 4 is 65.4 Å². The van der Waals surface area contributed by atoms with Crippen molar-refractivity contribution in [1.29, 1.82) is 0 Å². The van der Waals surface area contributed by atoms with Crippen LogP contribution in [0.4, 0.5) is 0 Å². The van der Waals surface area contributed by atoms with Crippen molar-refractivity contribution in [2.45, 2.75) is 0 Å². The fraction of sp³-hybridized carbons (Fsp3) is 0. The minimum absolute atomic E-state index is 0.894. The Morgan fingerprint density at radius 2 is 0.689 bits per heavy atom. The van der Waals surface area contributed by atoms with Gasteiger partial charge in [0.2, 0.25) is 0 Å². The number of hydrogen-bond donors (Lipinski definition) is 0. The van der Waals surface area contributed by atoms with E-state index in [-0.39, 0.29) is 0 Å². The number of pyridine rings is 1. The van der Waals surface area contributed by atoms with E-state index in [0.717, 1.165) is 28.2 Å². The molecule has 0 saturated carbocycles. The Balaban J connectivity index is 1.20. The molecule has 0 aliphatic heterocycles. The highest BCUT2D eigenvalue weighted by Gasteiger charge is 2.17. The van der Waals surface area contributed by atoms with Crippen LogP contribution in [-0.2, 0) is 0 Å². The van der Waals surface area contributed by atoms with Crippen LogP contribution in [0.3, 0.4) is 0 Å². The molecule has 10 rings (SSSR count). The molecule has 0 bridgehead atoms. The normalized spacial score (nSPS) is 12.0. The van der Waals surface area contributed by atoms with E-state index >= 15 is 0 Å². The molecule has 0 N–H and O–H groups in total. The van der Waals surface area contributed by atoms with E-state index in [1.807, 2.05) is 6.20 Å². The van der Waals surface area contributed by atoms with E-state index in [2.05, 4.69) is 165 Å². The zero-order valence-corrected chi connectivity index (χ0v) is 24.3. The van der Waals surface area contributed by atoms with Gasteiger partial charge in [-0.2, -0.15) is 0 Å². The van der Waals surface area contributed by atoms with Crippen molar-refractivity contribution in [3.63, 3.8) is 0 Å². The van der Waals surface area contributed by atoms with Crippen molar-refractivity contribution in [3.8, 4) is 17.2 Å². The van der Waals surface area contributed by atoms with Gasteiger partial charge in [-0.05, 0) is 54.6 Å². The summed E-state index contributed by atoms with van der Waals surface area (Å²) in [5.74, 6) is 0.894.